The molecule has 0 aliphatic rings. The first-order valence-electron chi connectivity index (χ1n) is 6.34. The smallest absolute Gasteiger partial charge is 0.231 e. The molecule has 108 valence electrons. The minimum absolute atomic E-state index is 0.552. The van der Waals surface area contributed by atoms with Gasteiger partial charge in [0.15, 0.2) is 0 Å². The molecule has 7 nitrogen and oxygen atoms in total. The van der Waals surface area contributed by atoms with Gasteiger partial charge in [-0.3, -0.25) is 0 Å². The molecule has 0 bridgehead atoms. The molecular formula is C12H19N7S. The zero-order valence-electron chi connectivity index (χ0n) is 12.1. The van der Waals surface area contributed by atoms with Crippen molar-refractivity contribution in [2.24, 2.45) is 0 Å². The summed E-state index contributed by atoms with van der Waals surface area (Å²) in [4.78, 5) is 19.2. The van der Waals surface area contributed by atoms with Crippen LogP contribution in [0.5, 0.6) is 0 Å². The third-order valence-corrected chi connectivity index (χ3v) is 3.40. The fourth-order valence-corrected chi connectivity index (χ4v) is 2.23. The number of anilines is 3. The molecule has 2 aromatic heterocycles. The van der Waals surface area contributed by atoms with Gasteiger partial charge in [0, 0.05) is 39.5 Å². The molecule has 0 spiro atoms. The van der Waals surface area contributed by atoms with Crippen LogP contribution in [-0.4, -0.2) is 47.6 Å². The molecule has 2 N–H and O–H groups in total. The van der Waals surface area contributed by atoms with E-state index in [1.165, 1.54) is 0 Å². The molecule has 20 heavy (non-hydrogen) atoms. The van der Waals surface area contributed by atoms with Crippen LogP contribution < -0.4 is 15.5 Å². The maximum atomic E-state index is 4.43. The van der Waals surface area contributed by atoms with E-state index in [-0.39, 0.29) is 0 Å². The highest BCUT2D eigenvalue weighted by atomic mass is 32.1. The molecular weight excluding hydrogens is 274 g/mol. The fraction of sp³-hybridized carbons (Fsp3) is 0.500. The summed E-state index contributed by atoms with van der Waals surface area (Å²) in [5, 5.41) is 9.31. The van der Waals surface area contributed by atoms with Crippen molar-refractivity contribution in [3.63, 3.8) is 0 Å². The average molecular weight is 293 g/mol. The van der Waals surface area contributed by atoms with Crippen molar-refractivity contribution in [1.82, 2.24) is 19.9 Å². The zero-order chi connectivity index (χ0) is 14.5. The zero-order valence-corrected chi connectivity index (χ0v) is 13.0. The van der Waals surface area contributed by atoms with Crippen molar-refractivity contribution in [3.8, 4) is 0 Å². The highest BCUT2D eigenvalue weighted by Gasteiger charge is 2.07. The summed E-state index contributed by atoms with van der Waals surface area (Å²) in [6.07, 6.45) is 0.849. The summed E-state index contributed by atoms with van der Waals surface area (Å²) in [5.74, 6) is 1.74. The molecule has 0 aliphatic carbocycles. The molecule has 8 heteroatoms. The topological polar surface area (TPSA) is 78.9 Å². The van der Waals surface area contributed by atoms with Crippen LogP contribution in [0.15, 0.2) is 5.38 Å². The van der Waals surface area contributed by atoms with Gasteiger partial charge in [-0.25, -0.2) is 4.98 Å². The van der Waals surface area contributed by atoms with Crippen molar-refractivity contribution in [1.29, 1.82) is 0 Å². The first-order valence-corrected chi connectivity index (χ1v) is 7.22. The van der Waals surface area contributed by atoms with Gasteiger partial charge < -0.3 is 15.5 Å². The number of hydrogen-bond acceptors (Lipinski definition) is 8. The molecule has 0 fully saturated rings. The van der Waals surface area contributed by atoms with Crippen molar-refractivity contribution in [3.05, 3.63) is 16.1 Å². The normalized spacial score (nSPS) is 10.4. The fourth-order valence-electron chi connectivity index (χ4n) is 1.58. The summed E-state index contributed by atoms with van der Waals surface area (Å²) < 4.78 is 0. The Hall–Kier alpha value is -1.96. The quantitative estimate of drug-likeness (QED) is 0.833. The van der Waals surface area contributed by atoms with Gasteiger partial charge in [0.05, 0.1) is 10.7 Å². The lowest BCUT2D eigenvalue weighted by atomic mass is 10.3. The van der Waals surface area contributed by atoms with Gasteiger partial charge in [-0.15, -0.1) is 11.3 Å². The van der Waals surface area contributed by atoms with E-state index >= 15 is 0 Å². The van der Waals surface area contributed by atoms with E-state index < -0.39 is 0 Å². The van der Waals surface area contributed by atoms with E-state index in [1.54, 1.807) is 18.4 Å². The molecule has 0 saturated heterocycles. The number of aryl methyl sites for hydroxylation is 1. The average Bonchev–Trinajstić information content (AvgIpc) is 2.84. The second-order valence-corrected chi connectivity index (χ2v) is 5.52. The van der Waals surface area contributed by atoms with Gasteiger partial charge in [-0.05, 0) is 6.92 Å². The van der Waals surface area contributed by atoms with Crippen molar-refractivity contribution in [2.45, 2.75) is 13.3 Å². The van der Waals surface area contributed by atoms with Crippen molar-refractivity contribution in [2.75, 3.05) is 43.2 Å². The monoisotopic (exact) mass is 293 g/mol. The van der Waals surface area contributed by atoms with Crippen LogP contribution in [0.1, 0.15) is 10.7 Å². The Balaban J connectivity index is 1.99. The lowest BCUT2D eigenvalue weighted by molar-refractivity contribution is 0.917. The predicted molar refractivity (Wildman–Crippen MR) is 82.7 cm³/mol. The summed E-state index contributed by atoms with van der Waals surface area (Å²) in [6.45, 7) is 2.75. The standard InChI is InChI=1S/C12H19N7S/c1-8-15-9(7-20-8)5-6-14-11-16-10(13-2)17-12(18-11)19(3)4/h7H,5-6H2,1-4H3,(H2,13,14,16,17,18). The number of rotatable bonds is 6. The van der Waals surface area contributed by atoms with E-state index in [9.17, 15) is 0 Å². The summed E-state index contributed by atoms with van der Waals surface area (Å²) in [6, 6.07) is 0. The summed E-state index contributed by atoms with van der Waals surface area (Å²) in [5.41, 5.74) is 1.09. The third kappa shape index (κ3) is 3.77. The van der Waals surface area contributed by atoms with E-state index in [0.717, 1.165) is 23.7 Å². The molecule has 0 radical (unpaired) electrons. The molecule has 2 aromatic rings. The Kier molecular flexibility index (Phi) is 4.67. The van der Waals surface area contributed by atoms with Crippen LogP contribution in [0.2, 0.25) is 0 Å². The second-order valence-electron chi connectivity index (χ2n) is 4.46. The van der Waals surface area contributed by atoms with Crippen LogP contribution in [0.4, 0.5) is 17.8 Å². The van der Waals surface area contributed by atoms with E-state index in [1.807, 2.05) is 25.9 Å². The number of nitrogens with zero attached hydrogens (tertiary/aromatic N) is 5. The Labute approximate surface area is 122 Å². The lowest BCUT2D eigenvalue weighted by Gasteiger charge is -2.13. The molecule has 0 aliphatic heterocycles. The molecule has 0 atom stereocenters. The van der Waals surface area contributed by atoms with Gasteiger partial charge in [0.2, 0.25) is 17.8 Å². The van der Waals surface area contributed by atoms with Gasteiger partial charge in [-0.1, -0.05) is 0 Å². The van der Waals surface area contributed by atoms with Gasteiger partial charge in [0.1, 0.15) is 0 Å². The van der Waals surface area contributed by atoms with Crippen LogP contribution >= 0.6 is 11.3 Å². The van der Waals surface area contributed by atoms with E-state index in [2.05, 4.69) is 35.9 Å². The number of thiazole rings is 1. The van der Waals surface area contributed by atoms with Crippen LogP contribution in [-0.2, 0) is 6.42 Å². The second kappa shape index (κ2) is 6.47. The Bertz CT molecular complexity index is 567. The SMILES string of the molecule is CNc1nc(NCCc2csc(C)n2)nc(N(C)C)n1. The van der Waals surface area contributed by atoms with Crippen molar-refractivity contribution >= 4 is 29.2 Å². The number of aromatic nitrogens is 4. The highest BCUT2D eigenvalue weighted by molar-refractivity contribution is 7.09. The first kappa shape index (κ1) is 14.4. The molecule has 0 unspecified atom stereocenters. The summed E-state index contributed by atoms with van der Waals surface area (Å²) >= 11 is 1.67. The molecule has 0 amide bonds. The minimum Gasteiger partial charge on any atom is -0.357 e. The minimum atomic E-state index is 0.552. The van der Waals surface area contributed by atoms with Crippen molar-refractivity contribution < 1.29 is 0 Å². The van der Waals surface area contributed by atoms with Gasteiger partial charge >= 0.3 is 0 Å². The highest BCUT2D eigenvalue weighted by Crippen LogP contribution is 2.12. The molecule has 2 heterocycles. The maximum absolute atomic E-state index is 4.43. The molecule has 2 rings (SSSR count). The third-order valence-electron chi connectivity index (χ3n) is 2.58. The van der Waals surface area contributed by atoms with Crippen LogP contribution in [0.3, 0.4) is 0 Å². The molecule has 0 aromatic carbocycles. The Morgan fingerprint density at radius 3 is 2.50 bits per heavy atom. The lowest BCUT2D eigenvalue weighted by Crippen LogP contribution is -2.17. The number of nitrogens with one attached hydrogen (secondary N) is 2. The maximum Gasteiger partial charge on any atom is 0.231 e. The first-order chi connectivity index (χ1) is 9.58. The van der Waals surface area contributed by atoms with Crippen LogP contribution in [0, 0.1) is 6.92 Å². The van der Waals surface area contributed by atoms with E-state index in [0.29, 0.717) is 17.8 Å². The van der Waals surface area contributed by atoms with Crippen LogP contribution in [0.25, 0.3) is 0 Å². The van der Waals surface area contributed by atoms with Gasteiger partial charge in [-0.2, -0.15) is 15.0 Å². The number of hydrogen-bond donors (Lipinski definition) is 2. The predicted octanol–water partition coefficient (Wildman–Crippen LogP) is 1.40. The Morgan fingerprint density at radius 1 is 1.15 bits per heavy atom. The largest absolute Gasteiger partial charge is 0.357 e. The van der Waals surface area contributed by atoms with E-state index in [4.69, 9.17) is 0 Å². The summed E-state index contributed by atoms with van der Waals surface area (Å²) in [7, 11) is 5.59. The van der Waals surface area contributed by atoms with Gasteiger partial charge in [0.25, 0.3) is 0 Å². The molecule has 0 saturated carbocycles. The Morgan fingerprint density at radius 2 is 1.90 bits per heavy atom.